The molecule has 0 aliphatic heterocycles. The fraction of sp³-hybridized carbons (Fsp3) is 0.167. The summed E-state index contributed by atoms with van der Waals surface area (Å²) in [5.41, 5.74) is 3.54. The lowest BCUT2D eigenvalue weighted by Crippen LogP contribution is -2.14. The monoisotopic (exact) mass is 352 g/mol. The lowest BCUT2D eigenvalue weighted by molar-refractivity contribution is -0.384. The van der Waals surface area contributed by atoms with Crippen LogP contribution in [0.25, 0.3) is 11.5 Å². The van der Waals surface area contributed by atoms with Gasteiger partial charge in [-0.3, -0.25) is 20.2 Å². The molecule has 1 N–H and O–H groups in total. The molecule has 1 amide bonds. The number of carbonyl (C=O) groups excluding carboxylic acids is 1. The van der Waals surface area contributed by atoms with E-state index in [4.69, 9.17) is 4.42 Å². The summed E-state index contributed by atoms with van der Waals surface area (Å²) in [5, 5.41) is 21.0. The average Bonchev–Trinajstić information content (AvgIpc) is 3.02. The molecule has 0 aliphatic rings. The van der Waals surface area contributed by atoms with Gasteiger partial charge in [0, 0.05) is 17.7 Å². The molecular formula is C18H16N4O4. The maximum absolute atomic E-state index is 12.1. The van der Waals surface area contributed by atoms with Crippen molar-refractivity contribution in [3.8, 4) is 11.5 Å². The maximum atomic E-state index is 12.1. The zero-order valence-electron chi connectivity index (χ0n) is 14.2. The number of amides is 1. The van der Waals surface area contributed by atoms with Gasteiger partial charge in [-0.25, -0.2) is 0 Å². The van der Waals surface area contributed by atoms with Crippen molar-refractivity contribution in [3.63, 3.8) is 0 Å². The Morgan fingerprint density at radius 2 is 1.77 bits per heavy atom. The number of rotatable bonds is 5. The molecule has 0 saturated carbocycles. The van der Waals surface area contributed by atoms with E-state index in [-0.39, 0.29) is 24.0 Å². The number of nitro groups is 1. The molecular weight excluding hydrogens is 336 g/mol. The molecule has 132 valence electrons. The molecule has 2 aromatic carbocycles. The van der Waals surface area contributed by atoms with Crippen LogP contribution < -0.4 is 5.32 Å². The highest BCUT2D eigenvalue weighted by molar-refractivity contribution is 5.90. The highest BCUT2D eigenvalue weighted by atomic mass is 16.6. The van der Waals surface area contributed by atoms with Gasteiger partial charge in [0.25, 0.3) is 5.69 Å². The predicted molar refractivity (Wildman–Crippen MR) is 94.6 cm³/mol. The SMILES string of the molecule is Cc1cc(C)cc(-c2nnc(NC(=O)Cc3ccc([N+](=O)[O-])cc3)o2)c1. The Balaban J connectivity index is 1.66. The fourth-order valence-corrected chi connectivity index (χ4v) is 2.57. The number of hydrogen-bond acceptors (Lipinski definition) is 6. The second-order valence-corrected chi connectivity index (χ2v) is 5.94. The van der Waals surface area contributed by atoms with Crippen LogP contribution in [0, 0.1) is 24.0 Å². The number of carbonyl (C=O) groups is 1. The maximum Gasteiger partial charge on any atom is 0.322 e. The molecule has 1 heterocycles. The number of benzene rings is 2. The van der Waals surface area contributed by atoms with Crippen molar-refractivity contribution in [1.29, 1.82) is 0 Å². The van der Waals surface area contributed by atoms with Crippen molar-refractivity contribution in [2.75, 3.05) is 5.32 Å². The molecule has 8 heteroatoms. The van der Waals surface area contributed by atoms with Gasteiger partial charge in [0.05, 0.1) is 11.3 Å². The number of nitrogens with one attached hydrogen (secondary N) is 1. The quantitative estimate of drug-likeness (QED) is 0.556. The van der Waals surface area contributed by atoms with Crippen LogP contribution in [0.4, 0.5) is 11.7 Å². The first kappa shape index (κ1) is 17.3. The van der Waals surface area contributed by atoms with Gasteiger partial charge in [0.15, 0.2) is 0 Å². The molecule has 3 rings (SSSR count). The van der Waals surface area contributed by atoms with Crippen molar-refractivity contribution in [3.05, 3.63) is 69.3 Å². The van der Waals surface area contributed by atoms with E-state index in [1.807, 2.05) is 32.0 Å². The molecule has 8 nitrogen and oxygen atoms in total. The van der Waals surface area contributed by atoms with Crippen LogP contribution in [0.1, 0.15) is 16.7 Å². The Morgan fingerprint density at radius 1 is 1.12 bits per heavy atom. The highest BCUT2D eigenvalue weighted by Gasteiger charge is 2.13. The van der Waals surface area contributed by atoms with Crippen molar-refractivity contribution in [2.24, 2.45) is 0 Å². The molecule has 1 aromatic heterocycles. The summed E-state index contributed by atoms with van der Waals surface area (Å²) in [4.78, 5) is 22.2. The van der Waals surface area contributed by atoms with Crippen LogP contribution in [0.2, 0.25) is 0 Å². The molecule has 0 unspecified atom stereocenters. The van der Waals surface area contributed by atoms with Crippen LogP contribution in [0.3, 0.4) is 0 Å². The van der Waals surface area contributed by atoms with Gasteiger partial charge in [0.1, 0.15) is 0 Å². The van der Waals surface area contributed by atoms with Gasteiger partial charge < -0.3 is 4.42 Å². The number of nitrogens with zero attached hydrogens (tertiary/aromatic N) is 3. The van der Waals surface area contributed by atoms with E-state index in [0.717, 1.165) is 16.7 Å². The van der Waals surface area contributed by atoms with Gasteiger partial charge in [0.2, 0.25) is 11.8 Å². The third kappa shape index (κ3) is 4.10. The third-order valence-corrected chi connectivity index (χ3v) is 3.65. The van der Waals surface area contributed by atoms with Gasteiger partial charge in [-0.1, -0.05) is 34.4 Å². The minimum atomic E-state index is -0.489. The van der Waals surface area contributed by atoms with Crippen LogP contribution in [0.15, 0.2) is 46.9 Å². The van der Waals surface area contributed by atoms with Crippen molar-refractivity contribution in [1.82, 2.24) is 10.2 Å². The van der Waals surface area contributed by atoms with Gasteiger partial charge in [-0.15, -0.1) is 5.10 Å². The van der Waals surface area contributed by atoms with Crippen molar-refractivity contribution in [2.45, 2.75) is 20.3 Å². The number of non-ortho nitro benzene ring substituents is 1. The van der Waals surface area contributed by atoms with Crippen molar-refractivity contribution < 1.29 is 14.1 Å². The molecule has 26 heavy (non-hydrogen) atoms. The number of hydrogen-bond donors (Lipinski definition) is 1. The van der Waals surface area contributed by atoms with Crippen LogP contribution >= 0.6 is 0 Å². The smallest absolute Gasteiger partial charge is 0.322 e. The largest absolute Gasteiger partial charge is 0.403 e. The molecule has 0 fully saturated rings. The second-order valence-electron chi connectivity index (χ2n) is 5.94. The fourth-order valence-electron chi connectivity index (χ4n) is 2.57. The van der Waals surface area contributed by atoms with Crippen LogP contribution in [-0.2, 0) is 11.2 Å². The van der Waals surface area contributed by atoms with E-state index in [1.54, 1.807) is 0 Å². The van der Waals surface area contributed by atoms with Crippen LogP contribution in [0.5, 0.6) is 0 Å². The summed E-state index contributed by atoms with van der Waals surface area (Å²) in [7, 11) is 0. The first-order valence-corrected chi connectivity index (χ1v) is 7.86. The summed E-state index contributed by atoms with van der Waals surface area (Å²) in [6.07, 6.45) is 0.0409. The Hall–Kier alpha value is -3.55. The Labute approximate surface area is 149 Å². The van der Waals surface area contributed by atoms with Crippen LogP contribution in [-0.4, -0.2) is 21.0 Å². The number of aryl methyl sites for hydroxylation is 2. The Bertz CT molecular complexity index is 943. The number of nitro benzene ring substituents is 1. The van der Waals surface area contributed by atoms with Gasteiger partial charge >= 0.3 is 6.01 Å². The number of aromatic nitrogens is 2. The summed E-state index contributed by atoms with van der Waals surface area (Å²) in [6, 6.07) is 11.7. The zero-order chi connectivity index (χ0) is 18.7. The molecule has 0 atom stereocenters. The van der Waals surface area contributed by atoms with Gasteiger partial charge in [-0.05, 0) is 31.5 Å². The summed E-state index contributed by atoms with van der Waals surface area (Å²) in [5.74, 6) is -0.0306. The predicted octanol–water partition coefficient (Wildman–Crippen LogP) is 3.44. The first-order valence-electron chi connectivity index (χ1n) is 7.86. The Morgan fingerprint density at radius 3 is 2.38 bits per heavy atom. The molecule has 0 spiro atoms. The van der Waals surface area contributed by atoms with E-state index in [2.05, 4.69) is 15.5 Å². The minimum Gasteiger partial charge on any atom is -0.403 e. The topological polar surface area (TPSA) is 111 Å². The second kappa shape index (κ2) is 7.14. The average molecular weight is 352 g/mol. The minimum absolute atomic E-state index is 0.00562. The third-order valence-electron chi connectivity index (χ3n) is 3.65. The molecule has 3 aromatic rings. The lowest BCUT2D eigenvalue weighted by Gasteiger charge is -2.02. The lowest BCUT2D eigenvalue weighted by atomic mass is 10.1. The van der Waals surface area contributed by atoms with Gasteiger partial charge in [-0.2, -0.15) is 0 Å². The zero-order valence-corrected chi connectivity index (χ0v) is 14.2. The van der Waals surface area contributed by atoms with E-state index in [9.17, 15) is 14.9 Å². The Kier molecular flexibility index (Phi) is 4.74. The van der Waals surface area contributed by atoms with Crippen molar-refractivity contribution >= 4 is 17.6 Å². The molecule has 0 radical (unpaired) electrons. The summed E-state index contributed by atoms with van der Waals surface area (Å²) < 4.78 is 5.50. The van der Waals surface area contributed by atoms with E-state index in [1.165, 1.54) is 24.3 Å². The summed E-state index contributed by atoms with van der Waals surface area (Å²) in [6.45, 7) is 3.94. The molecule has 0 aliphatic carbocycles. The van der Waals surface area contributed by atoms with E-state index >= 15 is 0 Å². The molecule has 0 saturated heterocycles. The molecule has 0 bridgehead atoms. The highest BCUT2D eigenvalue weighted by Crippen LogP contribution is 2.22. The first-order chi connectivity index (χ1) is 12.4. The normalized spacial score (nSPS) is 10.5. The summed E-state index contributed by atoms with van der Waals surface area (Å²) >= 11 is 0. The van der Waals surface area contributed by atoms with E-state index in [0.29, 0.717) is 11.5 Å². The van der Waals surface area contributed by atoms with E-state index < -0.39 is 4.92 Å². The number of anilines is 1. The standard InChI is InChI=1S/C18H16N4O4/c1-11-7-12(2)9-14(8-11)17-20-21-18(26-17)19-16(23)10-13-3-5-15(6-4-13)22(24)25/h3-9H,10H2,1-2H3,(H,19,21,23).